The lowest BCUT2D eigenvalue weighted by molar-refractivity contribution is 1.07. The van der Waals surface area contributed by atoms with E-state index in [0.29, 0.717) is 6.54 Å². The van der Waals surface area contributed by atoms with Gasteiger partial charge in [-0.25, -0.2) is 0 Å². The highest BCUT2D eigenvalue weighted by atomic mass is 32.2. The van der Waals surface area contributed by atoms with Crippen molar-refractivity contribution in [1.29, 1.82) is 0 Å². The maximum atomic E-state index is 4.75. The van der Waals surface area contributed by atoms with E-state index < -0.39 is 0 Å². The maximum absolute atomic E-state index is 4.75. The fourth-order valence-electron chi connectivity index (χ4n) is 2.09. The molecule has 0 aliphatic carbocycles. The molecule has 0 radical (unpaired) electrons. The van der Waals surface area contributed by atoms with Gasteiger partial charge in [0.15, 0.2) is 5.17 Å². The largest absolute Gasteiger partial charge is 0.335 e. The van der Waals surface area contributed by atoms with E-state index >= 15 is 0 Å². The lowest BCUT2D eigenvalue weighted by Gasteiger charge is -2.10. The molecule has 0 fully saturated rings. The van der Waals surface area contributed by atoms with Crippen molar-refractivity contribution in [1.82, 2.24) is 0 Å². The van der Waals surface area contributed by atoms with Crippen molar-refractivity contribution < 1.29 is 0 Å². The summed E-state index contributed by atoms with van der Waals surface area (Å²) in [7, 11) is 0. The van der Waals surface area contributed by atoms with E-state index in [1.807, 2.05) is 66.7 Å². The molecule has 3 rings (SSSR count). The molecule has 0 saturated heterocycles. The van der Waals surface area contributed by atoms with Gasteiger partial charge in [-0.15, -0.1) is 0 Å². The summed E-state index contributed by atoms with van der Waals surface area (Å²) in [5.74, 6) is 0. The first-order valence-electron chi connectivity index (χ1n) is 7.53. The number of nitrogens with one attached hydrogen (secondary N) is 1. The van der Waals surface area contributed by atoms with Crippen LogP contribution in [-0.4, -0.2) is 5.17 Å². The predicted molar refractivity (Wildman–Crippen MR) is 99.9 cm³/mol. The summed E-state index contributed by atoms with van der Waals surface area (Å²) in [6.45, 7) is 0.663. The average molecular weight is 318 g/mol. The van der Waals surface area contributed by atoms with Crippen LogP contribution in [0.15, 0.2) is 101 Å². The molecule has 0 saturated carbocycles. The van der Waals surface area contributed by atoms with Crippen LogP contribution < -0.4 is 5.32 Å². The highest BCUT2D eigenvalue weighted by molar-refractivity contribution is 8.14. The number of hydrogen-bond acceptors (Lipinski definition) is 2. The Labute approximate surface area is 141 Å². The van der Waals surface area contributed by atoms with E-state index in [-0.39, 0.29) is 0 Å². The second-order valence-electron chi connectivity index (χ2n) is 5.01. The smallest absolute Gasteiger partial charge is 0.166 e. The minimum absolute atomic E-state index is 0.663. The highest BCUT2D eigenvalue weighted by Gasteiger charge is 2.03. The minimum atomic E-state index is 0.663. The zero-order valence-electron chi connectivity index (χ0n) is 12.7. The van der Waals surface area contributed by atoms with Crippen molar-refractivity contribution in [3.05, 3.63) is 96.6 Å². The lowest BCUT2D eigenvalue weighted by atomic mass is 10.2. The number of thioether (sulfide) groups is 1. The maximum Gasteiger partial charge on any atom is 0.166 e. The number of rotatable bonds is 4. The lowest BCUT2D eigenvalue weighted by Crippen LogP contribution is -2.08. The van der Waals surface area contributed by atoms with Gasteiger partial charge in [-0.05, 0) is 29.8 Å². The summed E-state index contributed by atoms with van der Waals surface area (Å²) in [6.07, 6.45) is 0. The summed E-state index contributed by atoms with van der Waals surface area (Å²) >= 11 is 1.64. The van der Waals surface area contributed by atoms with Gasteiger partial charge in [0, 0.05) is 10.6 Å². The van der Waals surface area contributed by atoms with Crippen LogP contribution in [0.1, 0.15) is 5.56 Å². The summed E-state index contributed by atoms with van der Waals surface area (Å²) in [5.41, 5.74) is 2.25. The van der Waals surface area contributed by atoms with Gasteiger partial charge in [-0.1, -0.05) is 78.5 Å². The summed E-state index contributed by atoms with van der Waals surface area (Å²) in [5, 5.41) is 4.31. The Hall–Kier alpha value is -2.52. The molecule has 0 aliphatic heterocycles. The van der Waals surface area contributed by atoms with E-state index in [0.717, 1.165) is 10.9 Å². The topological polar surface area (TPSA) is 24.4 Å². The number of aliphatic imine (C=N–C) groups is 1. The van der Waals surface area contributed by atoms with Crippen LogP contribution in [0.25, 0.3) is 0 Å². The Bertz CT molecular complexity index is 697. The van der Waals surface area contributed by atoms with Gasteiger partial charge < -0.3 is 5.32 Å². The van der Waals surface area contributed by atoms with Gasteiger partial charge >= 0.3 is 0 Å². The number of hydrogen-bond donors (Lipinski definition) is 1. The number of benzene rings is 3. The zero-order chi connectivity index (χ0) is 15.7. The molecule has 23 heavy (non-hydrogen) atoms. The van der Waals surface area contributed by atoms with Gasteiger partial charge in [0.25, 0.3) is 0 Å². The third-order valence-electron chi connectivity index (χ3n) is 3.23. The third-order valence-corrected chi connectivity index (χ3v) is 4.16. The van der Waals surface area contributed by atoms with Gasteiger partial charge in [-0.2, -0.15) is 0 Å². The van der Waals surface area contributed by atoms with Crippen LogP contribution in [0.3, 0.4) is 0 Å². The molecule has 0 spiro atoms. The van der Waals surface area contributed by atoms with Crippen molar-refractivity contribution in [3.63, 3.8) is 0 Å². The normalized spacial score (nSPS) is 11.2. The first kappa shape index (κ1) is 15.4. The Balaban J connectivity index is 1.77. The second-order valence-corrected chi connectivity index (χ2v) is 6.08. The molecule has 0 aromatic heterocycles. The van der Waals surface area contributed by atoms with Crippen LogP contribution in [0.2, 0.25) is 0 Å². The number of nitrogens with zero attached hydrogens (tertiary/aromatic N) is 1. The van der Waals surface area contributed by atoms with Crippen molar-refractivity contribution >= 4 is 22.6 Å². The zero-order valence-corrected chi connectivity index (χ0v) is 13.5. The van der Waals surface area contributed by atoms with E-state index in [2.05, 4.69) is 29.6 Å². The van der Waals surface area contributed by atoms with Crippen molar-refractivity contribution in [2.45, 2.75) is 11.4 Å². The molecule has 3 aromatic rings. The molecule has 0 heterocycles. The molecular formula is C20H18N2S. The van der Waals surface area contributed by atoms with Crippen LogP contribution in [-0.2, 0) is 6.54 Å². The van der Waals surface area contributed by atoms with E-state index in [9.17, 15) is 0 Å². The molecule has 0 atom stereocenters. The first-order valence-corrected chi connectivity index (χ1v) is 8.35. The summed E-state index contributed by atoms with van der Waals surface area (Å²) in [6, 6.07) is 30.7. The Kier molecular flexibility index (Phi) is 5.48. The van der Waals surface area contributed by atoms with Crippen molar-refractivity contribution in [2.24, 2.45) is 4.99 Å². The van der Waals surface area contributed by atoms with Crippen molar-refractivity contribution in [3.8, 4) is 0 Å². The molecule has 2 nitrogen and oxygen atoms in total. The highest BCUT2D eigenvalue weighted by Crippen LogP contribution is 2.21. The van der Waals surface area contributed by atoms with E-state index in [4.69, 9.17) is 4.99 Å². The fourth-order valence-corrected chi connectivity index (χ4v) is 2.90. The molecule has 3 heteroatoms. The van der Waals surface area contributed by atoms with Crippen molar-refractivity contribution in [2.75, 3.05) is 5.32 Å². The third kappa shape index (κ3) is 5.01. The van der Waals surface area contributed by atoms with Crippen LogP contribution in [0.5, 0.6) is 0 Å². The van der Waals surface area contributed by atoms with Crippen LogP contribution >= 0.6 is 11.8 Å². The van der Waals surface area contributed by atoms with Crippen LogP contribution in [0, 0.1) is 0 Å². The Morgan fingerprint density at radius 2 is 1.30 bits per heavy atom. The minimum Gasteiger partial charge on any atom is -0.335 e. The SMILES string of the molecule is c1ccc(CN=C(Nc2ccccc2)Sc2ccccc2)cc1. The molecule has 3 aromatic carbocycles. The molecule has 0 unspecified atom stereocenters. The number of anilines is 1. The van der Waals surface area contributed by atoms with Gasteiger partial charge in [0.05, 0.1) is 6.54 Å². The van der Waals surface area contributed by atoms with Gasteiger partial charge in [0.1, 0.15) is 0 Å². The van der Waals surface area contributed by atoms with Gasteiger partial charge in [-0.3, -0.25) is 4.99 Å². The predicted octanol–water partition coefficient (Wildman–Crippen LogP) is 5.45. The van der Waals surface area contributed by atoms with Crippen LogP contribution in [0.4, 0.5) is 5.69 Å². The standard InChI is InChI=1S/C20H18N2S/c1-4-10-17(11-5-1)16-21-20(22-18-12-6-2-7-13-18)23-19-14-8-3-9-15-19/h1-15H,16H2,(H,21,22). The molecule has 0 bridgehead atoms. The number of para-hydroxylation sites is 1. The molecular weight excluding hydrogens is 300 g/mol. The molecule has 0 amide bonds. The Morgan fingerprint density at radius 1 is 0.739 bits per heavy atom. The molecule has 114 valence electrons. The summed E-state index contributed by atoms with van der Waals surface area (Å²) in [4.78, 5) is 5.92. The quantitative estimate of drug-likeness (QED) is 0.393. The first-order chi connectivity index (χ1) is 11.4. The average Bonchev–Trinajstić information content (AvgIpc) is 2.62. The Morgan fingerprint density at radius 3 is 1.96 bits per heavy atom. The number of amidine groups is 1. The van der Waals surface area contributed by atoms with E-state index in [1.54, 1.807) is 11.8 Å². The van der Waals surface area contributed by atoms with Gasteiger partial charge in [0.2, 0.25) is 0 Å². The fraction of sp³-hybridized carbons (Fsp3) is 0.0500. The molecule has 1 N–H and O–H groups in total. The van der Waals surface area contributed by atoms with E-state index in [1.165, 1.54) is 10.5 Å². The monoisotopic (exact) mass is 318 g/mol. The summed E-state index contributed by atoms with van der Waals surface area (Å²) < 4.78 is 0. The second kappa shape index (κ2) is 8.20. The molecule has 0 aliphatic rings.